The third-order valence-corrected chi connectivity index (χ3v) is 2.05. The van der Waals surface area contributed by atoms with Crippen LogP contribution in [0.1, 0.15) is 33.1 Å². The van der Waals surface area contributed by atoms with Crippen molar-refractivity contribution in [1.29, 1.82) is 0 Å². The second kappa shape index (κ2) is 3.60. The van der Waals surface area contributed by atoms with Gasteiger partial charge in [0.05, 0.1) is 0 Å². The maximum atomic E-state index is 2.29. The van der Waals surface area contributed by atoms with Crippen LogP contribution < -0.4 is 0 Å². The minimum atomic E-state index is 0.782. The van der Waals surface area contributed by atoms with Crippen molar-refractivity contribution in [3.05, 3.63) is 23.8 Å². The lowest BCUT2D eigenvalue weighted by atomic mass is 9.98. The highest BCUT2D eigenvalue weighted by molar-refractivity contribution is 5.12. The van der Waals surface area contributed by atoms with E-state index < -0.39 is 0 Å². The molecular weight excluding hydrogens is 120 g/mol. The van der Waals surface area contributed by atoms with E-state index in [1.54, 1.807) is 0 Å². The van der Waals surface area contributed by atoms with Gasteiger partial charge in [0.15, 0.2) is 0 Å². The molecule has 0 saturated heterocycles. The molecule has 1 rings (SSSR count). The van der Waals surface area contributed by atoms with Crippen LogP contribution in [-0.4, -0.2) is 0 Å². The molecule has 0 amide bonds. The Balaban J connectivity index is 2.55. The van der Waals surface area contributed by atoms with Gasteiger partial charge in [-0.15, -0.1) is 0 Å². The summed E-state index contributed by atoms with van der Waals surface area (Å²) in [5.74, 6) is 0.782. The number of hydrogen-bond acceptors (Lipinski definition) is 0. The highest BCUT2D eigenvalue weighted by Gasteiger charge is 1.99. The van der Waals surface area contributed by atoms with E-state index in [-0.39, 0.29) is 0 Å². The number of rotatable bonds is 0. The Hall–Kier alpha value is -0.520. The van der Waals surface area contributed by atoms with E-state index in [0.717, 1.165) is 5.92 Å². The molecule has 10 heavy (non-hydrogen) atoms. The van der Waals surface area contributed by atoms with E-state index in [1.165, 1.54) is 24.8 Å². The lowest BCUT2D eigenvalue weighted by molar-refractivity contribution is 0.601. The smallest absolute Gasteiger partial charge is 0.0259 e. The molecule has 0 radical (unpaired) electrons. The van der Waals surface area contributed by atoms with Gasteiger partial charge in [0.1, 0.15) is 0 Å². The molecule has 0 aromatic rings. The third kappa shape index (κ3) is 2.38. The van der Waals surface area contributed by atoms with Crippen molar-refractivity contribution >= 4 is 0 Å². The first kappa shape index (κ1) is 7.59. The molecule has 56 valence electrons. The van der Waals surface area contributed by atoms with Crippen molar-refractivity contribution < 1.29 is 0 Å². The summed E-state index contributed by atoms with van der Waals surface area (Å²) in [4.78, 5) is 0. The maximum absolute atomic E-state index is 2.29. The van der Waals surface area contributed by atoms with Crippen LogP contribution in [-0.2, 0) is 0 Å². The Morgan fingerprint density at radius 1 is 1.50 bits per heavy atom. The van der Waals surface area contributed by atoms with Crippen LogP contribution in [0.3, 0.4) is 0 Å². The SMILES string of the molecule is CC1=CC=CC(C)CCC1. The Bertz CT molecular complexity index is 151. The normalized spacial score (nSPS) is 27.0. The standard InChI is InChI=1S/C10H16/c1-9-5-3-7-10(2)8-4-6-9/h3,5,7,9H,4,6,8H2,1-2H3. The first-order valence-electron chi connectivity index (χ1n) is 4.13. The molecule has 0 aliphatic heterocycles. The van der Waals surface area contributed by atoms with Crippen molar-refractivity contribution in [2.45, 2.75) is 33.1 Å². The molecule has 0 fully saturated rings. The molecular formula is C10H16. The minimum Gasteiger partial charge on any atom is -0.0817 e. The lowest BCUT2D eigenvalue weighted by Gasteiger charge is -2.08. The molecule has 1 aliphatic rings. The first-order chi connectivity index (χ1) is 4.79. The van der Waals surface area contributed by atoms with Crippen molar-refractivity contribution in [1.82, 2.24) is 0 Å². The summed E-state index contributed by atoms with van der Waals surface area (Å²) in [7, 11) is 0. The number of allylic oxidation sites excluding steroid dienone is 4. The van der Waals surface area contributed by atoms with Crippen molar-refractivity contribution in [3.63, 3.8) is 0 Å². The first-order valence-corrected chi connectivity index (χ1v) is 4.13. The molecule has 0 aromatic heterocycles. The van der Waals surface area contributed by atoms with Crippen molar-refractivity contribution in [2.24, 2.45) is 5.92 Å². The van der Waals surface area contributed by atoms with Crippen LogP contribution in [0.4, 0.5) is 0 Å². The molecule has 0 nitrogen and oxygen atoms in total. The fourth-order valence-corrected chi connectivity index (χ4v) is 1.29. The quantitative estimate of drug-likeness (QED) is 0.479. The molecule has 0 spiro atoms. The molecule has 0 heterocycles. The summed E-state index contributed by atoms with van der Waals surface area (Å²) in [5, 5.41) is 0. The van der Waals surface area contributed by atoms with Gasteiger partial charge in [0, 0.05) is 0 Å². The zero-order chi connectivity index (χ0) is 7.40. The Morgan fingerprint density at radius 3 is 3.10 bits per heavy atom. The second-order valence-corrected chi connectivity index (χ2v) is 3.27. The summed E-state index contributed by atoms with van der Waals surface area (Å²) < 4.78 is 0. The Kier molecular flexibility index (Phi) is 2.73. The van der Waals surface area contributed by atoms with Gasteiger partial charge in [-0.3, -0.25) is 0 Å². The highest BCUT2D eigenvalue weighted by Crippen LogP contribution is 2.16. The minimum absolute atomic E-state index is 0.782. The van der Waals surface area contributed by atoms with Gasteiger partial charge in [-0.1, -0.05) is 30.7 Å². The largest absolute Gasteiger partial charge is 0.0817 e. The zero-order valence-electron chi connectivity index (χ0n) is 6.93. The predicted molar refractivity (Wildman–Crippen MR) is 45.9 cm³/mol. The van der Waals surface area contributed by atoms with Crippen LogP contribution in [0.25, 0.3) is 0 Å². The van der Waals surface area contributed by atoms with Gasteiger partial charge in [-0.2, -0.15) is 0 Å². The van der Waals surface area contributed by atoms with Crippen LogP contribution in [0.15, 0.2) is 23.8 Å². The van der Waals surface area contributed by atoms with E-state index in [1.807, 2.05) is 0 Å². The van der Waals surface area contributed by atoms with Crippen LogP contribution in [0.5, 0.6) is 0 Å². The van der Waals surface area contributed by atoms with Gasteiger partial charge in [0.25, 0.3) is 0 Å². The van der Waals surface area contributed by atoms with Crippen LogP contribution in [0, 0.1) is 5.92 Å². The summed E-state index contributed by atoms with van der Waals surface area (Å²) in [6.45, 7) is 4.49. The van der Waals surface area contributed by atoms with E-state index in [2.05, 4.69) is 32.1 Å². The van der Waals surface area contributed by atoms with Crippen molar-refractivity contribution in [2.75, 3.05) is 0 Å². The van der Waals surface area contributed by atoms with Crippen molar-refractivity contribution in [3.8, 4) is 0 Å². The Labute approximate surface area is 63.6 Å². The molecule has 1 aliphatic carbocycles. The molecule has 0 heteroatoms. The maximum Gasteiger partial charge on any atom is -0.0259 e. The molecule has 0 aromatic carbocycles. The van der Waals surface area contributed by atoms with Gasteiger partial charge < -0.3 is 0 Å². The molecule has 0 saturated carbocycles. The molecule has 1 unspecified atom stereocenters. The second-order valence-electron chi connectivity index (χ2n) is 3.27. The van der Waals surface area contributed by atoms with E-state index in [0.29, 0.717) is 0 Å². The van der Waals surface area contributed by atoms with Crippen LogP contribution >= 0.6 is 0 Å². The monoisotopic (exact) mass is 136 g/mol. The third-order valence-electron chi connectivity index (χ3n) is 2.05. The van der Waals surface area contributed by atoms with Gasteiger partial charge in [0.2, 0.25) is 0 Å². The molecule has 0 N–H and O–H groups in total. The average Bonchev–Trinajstić information content (AvgIpc) is 1.84. The highest BCUT2D eigenvalue weighted by atomic mass is 14.0. The average molecular weight is 136 g/mol. The fourth-order valence-electron chi connectivity index (χ4n) is 1.29. The fraction of sp³-hybridized carbons (Fsp3) is 0.600. The van der Waals surface area contributed by atoms with Crippen LogP contribution in [0.2, 0.25) is 0 Å². The summed E-state index contributed by atoms with van der Waals surface area (Å²) >= 11 is 0. The van der Waals surface area contributed by atoms with Gasteiger partial charge in [-0.25, -0.2) is 0 Å². The Morgan fingerprint density at radius 2 is 2.30 bits per heavy atom. The lowest BCUT2D eigenvalue weighted by Crippen LogP contribution is -1.92. The summed E-state index contributed by atoms with van der Waals surface area (Å²) in [6.07, 6.45) is 10.7. The number of hydrogen-bond donors (Lipinski definition) is 0. The van der Waals surface area contributed by atoms with E-state index in [4.69, 9.17) is 0 Å². The molecule has 1 atom stereocenters. The van der Waals surface area contributed by atoms with Gasteiger partial charge in [-0.05, 0) is 32.1 Å². The van der Waals surface area contributed by atoms with E-state index >= 15 is 0 Å². The summed E-state index contributed by atoms with van der Waals surface area (Å²) in [6, 6.07) is 0. The topological polar surface area (TPSA) is 0 Å². The van der Waals surface area contributed by atoms with E-state index in [9.17, 15) is 0 Å². The van der Waals surface area contributed by atoms with Gasteiger partial charge >= 0.3 is 0 Å². The molecule has 0 bridgehead atoms. The predicted octanol–water partition coefficient (Wildman–Crippen LogP) is 3.31. The zero-order valence-corrected chi connectivity index (χ0v) is 6.93. The summed E-state index contributed by atoms with van der Waals surface area (Å²) in [5.41, 5.74) is 1.52.